The van der Waals surface area contributed by atoms with Crippen molar-refractivity contribution in [3.05, 3.63) is 18.2 Å². The molecule has 2 aliphatic rings. The summed E-state index contributed by atoms with van der Waals surface area (Å²) in [5.74, 6) is 0.602. The van der Waals surface area contributed by atoms with Gasteiger partial charge in [-0.2, -0.15) is 0 Å². The van der Waals surface area contributed by atoms with Gasteiger partial charge >= 0.3 is 0 Å². The molecule has 0 radical (unpaired) electrons. The highest BCUT2D eigenvalue weighted by Crippen LogP contribution is 2.40. The molecule has 1 N–H and O–H groups in total. The van der Waals surface area contributed by atoms with E-state index in [1.807, 2.05) is 10.8 Å². The summed E-state index contributed by atoms with van der Waals surface area (Å²) >= 11 is 0. The fraction of sp³-hybridized carbons (Fsp3) is 0.692. The number of fused-ring (bicyclic) bond motifs is 2. The minimum Gasteiger partial charge on any atom is -0.357 e. The van der Waals surface area contributed by atoms with Crippen molar-refractivity contribution < 1.29 is 17.9 Å². The van der Waals surface area contributed by atoms with E-state index in [9.17, 15) is 13.2 Å². The van der Waals surface area contributed by atoms with E-state index in [0.717, 1.165) is 5.82 Å². The van der Waals surface area contributed by atoms with Crippen molar-refractivity contribution in [2.24, 2.45) is 0 Å². The van der Waals surface area contributed by atoms with E-state index in [2.05, 4.69) is 10.3 Å². The maximum atomic E-state index is 12.0. The number of imidazole rings is 1. The molecular formula is C13H20N4O4S. The number of nitrogens with one attached hydrogen (secondary N) is 1. The van der Waals surface area contributed by atoms with E-state index >= 15 is 0 Å². The smallest absolute Gasteiger partial charge is 0.250 e. The van der Waals surface area contributed by atoms with Gasteiger partial charge in [0, 0.05) is 32.5 Å². The number of likely N-dealkylation sites (N-methyl/N-ethyl adjacent to an activating group) is 1. The number of sulfonamides is 1. The number of aromatic nitrogens is 2. The van der Waals surface area contributed by atoms with Crippen LogP contribution in [0.25, 0.3) is 0 Å². The van der Waals surface area contributed by atoms with Gasteiger partial charge in [-0.25, -0.2) is 17.7 Å². The first-order chi connectivity index (χ1) is 10.4. The Labute approximate surface area is 129 Å². The van der Waals surface area contributed by atoms with Crippen molar-refractivity contribution in [3.63, 3.8) is 0 Å². The summed E-state index contributed by atoms with van der Waals surface area (Å²) in [5, 5.41) is 2.61. The zero-order valence-corrected chi connectivity index (χ0v) is 13.5. The number of hydrogen-bond acceptors (Lipinski definition) is 5. The average molecular weight is 328 g/mol. The number of rotatable bonds is 2. The lowest BCUT2D eigenvalue weighted by Crippen LogP contribution is -2.54. The average Bonchev–Trinajstić information content (AvgIpc) is 2.95. The molecule has 0 bridgehead atoms. The molecule has 0 aliphatic carbocycles. The number of nitrogens with zero attached hydrogens (tertiary/aromatic N) is 3. The van der Waals surface area contributed by atoms with Crippen LogP contribution in [0, 0.1) is 0 Å². The zero-order chi connectivity index (χ0) is 16.0. The second-order valence-electron chi connectivity index (χ2n) is 5.78. The number of carbonyl (C=O) groups excluding carboxylic acids is 1. The number of piperidine rings is 1. The molecule has 3 heterocycles. The molecule has 1 aromatic heterocycles. The van der Waals surface area contributed by atoms with Crippen molar-refractivity contribution in [2.75, 3.05) is 26.4 Å². The largest absolute Gasteiger partial charge is 0.357 e. The van der Waals surface area contributed by atoms with E-state index < -0.39 is 21.7 Å². The number of amides is 1. The van der Waals surface area contributed by atoms with Gasteiger partial charge in [0.2, 0.25) is 10.0 Å². The minimum atomic E-state index is -3.21. The highest BCUT2D eigenvalue weighted by Gasteiger charge is 2.47. The van der Waals surface area contributed by atoms with Gasteiger partial charge in [-0.3, -0.25) is 4.79 Å². The third-order valence-corrected chi connectivity index (χ3v) is 5.69. The number of hydrogen-bond donors (Lipinski definition) is 1. The van der Waals surface area contributed by atoms with Crippen LogP contribution in [0.4, 0.5) is 0 Å². The molecule has 3 rings (SSSR count). The maximum absolute atomic E-state index is 12.0. The standard InChI is InChI=1S/C13H20N4O4S/c1-14-11(18)10-9-16-8-5-15-12(16)13(21-10)3-6-17(7-4-13)22(2,19)20/h5,8,10H,3-4,6-7,9H2,1-2H3,(H,14,18)/t10-/m0/s1. The third-order valence-electron chi connectivity index (χ3n) is 4.39. The fourth-order valence-corrected chi connectivity index (χ4v) is 4.06. The summed E-state index contributed by atoms with van der Waals surface area (Å²) in [6.45, 7) is 1.16. The number of ether oxygens (including phenoxy) is 1. The van der Waals surface area contributed by atoms with Crippen LogP contribution in [0.5, 0.6) is 0 Å². The molecule has 1 saturated heterocycles. The summed E-state index contributed by atoms with van der Waals surface area (Å²) in [6, 6.07) is 0. The Morgan fingerprint density at radius 2 is 2.14 bits per heavy atom. The van der Waals surface area contributed by atoms with Crippen LogP contribution in [0.15, 0.2) is 12.4 Å². The quantitative estimate of drug-likeness (QED) is 0.773. The number of carbonyl (C=O) groups is 1. The van der Waals surface area contributed by atoms with Crippen molar-refractivity contribution in [3.8, 4) is 0 Å². The van der Waals surface area contributed by atoms with Crippen LogP contribution in [-0.4, -0.2) is 60.7 Å². The first-order valence-electron chi connectivity index (χ1n) is 7.22. The topological polar surface area (TPSA) is 93.5 Å². The van der Waals surface area contributed by atoms with Crippen molar-refractivity contribution in [2.45, 2.75) is 31.1 Å². The monoisotopic (exact) mass is 328 g/mol. The lowest BCUT2D eigenvalue weighted by molar-refractivity contribution is -0.170. The van der Waals surface area contributed by atoms with E-state index in [0.29, 0.717) is 32.5 Å². The van der Waals surface area contributed by atoms with Gasteiger partial charge in [0.15, 0.2) is 6.10 Å². The minimum absolute atomic E-state index is 0.177. The molecule has 9 heteroatoms. The summed E-state index contributed by atoms with van der Waals surface area (Å²) < 4.78 is 32.8. The van der Waals surface area contributed by atoms with Gasteiger partial charge < -0.3 is 14.6 Å². The molecule has 1 amide bonds. The Hall–Kier alpha value is -1.45. The molecule has 22 heavy (non-hydrogen) atoms. The molecular weight excluding hydrogens is 308 g/mol. The van der Waals surface area contributed by atoms with Crippen LogP contribution in [0.2, 0.25) is 0 Å². The second-order valence-corrected chi connectivity index (χ2v) is 7.76. The molecule has 1 fully saturated rings. The van der Waals surface area contributed by atoms with Crippen LogP contribution < -0.4 is 5.32 Å². The highest BCUT2D eigenvalue weighted by molar-refractivity contribution is 7.88. The Bertz CT molecular complexity index is 676. The van der Waals surface area contributed by atoms with E-state index in [4.69, 9.17) is 4.74 Å². The molecule has 1 spiro atoms. The summed E-state index contributed by atoms with van der Waals surface area (Å²) in [4.78, 5) is 16.4. The van der Waals surface area contributed by atoms with Gasteiger partial charge in [-0.15, -0.1) is 0 Å². The van der Waals surface area contributed by atoms with Crippen LogP contribution in [0.3, 0.4) is 0 Å². The first-order valence-corrected chi connectivity index (χ1v) is 9.07. The van der Waals surface area contributed by atoms with E-state index in [-0.39, 0.29) is 5.91 Å². The Morgan fingerprint density at radius 1 is 1.45 bits per heavy atom. The summed E-state index contributed by atoms with van der Waals surface area (Å²) in [5.41, 5.74) is -0.694. The van der Waals surface area contributed by atoms with Crippen LogP contribution in [0.1, 0.15) is 18.7 Å². The lowest BCUT2D eigenvalue weighted by atomic mass is 9.89. The SMILES string of the molecule is CNC(=O)[C@@H]1Cn2ccnc2C2(CCN(S(C)(=O)=O)CC2)O1. The molecule has 1 atom stereocenters. The molecule has 0 aromatic carbocycles. The summed E-state index contributed by atoms with van der Waals surface area (Å²) in [7, 11) is -1.63. The third kappa shape index (κ3) is 2.53. The van der Waals surface area contributed by atoms with E-state index in [1.54, 1.807) is 13.2 Å². The predicted octanol–water partition coefficient (Wildman–Crippen LogP) is -0.721. The van der Waals surface area contributed by atoms with Crippen molar-refractivity contribution in [1.29, 1.82) is 0 Å². The van der Waals surface area contributed by atoms with Gasteiger partial charge in [-0.1, -0.05) is 0 Å². The molecule has 1 aromatic rings. The summed E-state index contributed by atoms with van der Waals surface area (Å²) in [6.07, 6.45) is 5.13. The highest BCUT2D eigenvalue weighted by atomic mass is 32.2. The maximum Gasteiger partial charge on any atom is 0.250 e. The molecule has 8 nitrogen and oxygen atoms in total. The Balaban J connectivity index is 1.88. The van der Waals surface area contributed by atoms with Crippen LogP contribution >= 0.6 is 0 Å². The molecule has 2 aliphatic heterocycles. The van der Waals surface area contributed by atoms with Gasteiger partial charge in [0.05, 0.1) is 12.8 Å². The normalized spacial score (nSPS) is 24.9. The fourth-order valence-electron chi connectivity index (χ4n) is 3.21. The van der Waals surface area contributed by atoms with Gasteiger partial charge in [-0.05, 0) is 12.8 Å². The molecule has 0 saturated carbocycles. The van der Waals surface area contributed by atoms with Crippen molar-refractivity contribution >= 4 is 15.9 Å². The van der Waals surface area contributed by atoms with Crippen LogP contribution in [-0.2, 0) is 31.7 Å². The van der Waals surface area contributed by atoms with Crippen molar-refractivity contribution in [1.82, 2.24) is 19.2 Å². The van der Waals surface area contributed by atoms with E-state index in [1.165, 1.54) is 10.6 Å². The predicted molar refractivity (Wildman–Crippen MR) is 78.5 cm³/mol. The zero-order valence-electron chi connectivity index (χ0n) is 12.7. The lowest BCUT2D eigenvalue weighted by Gasteiger charge is -2.44. The molecule has 0 unspecified atom stereocenters. The first kappa shape index (κ1) is 15.4. The Kier molecular flexibility index (Phi) is 3.74. The van der Waals surface area contributed by atoms with Gasteiger partial charge in [0.1, 0.15) is 11.4 Å². The molecule has 122 valence electrons. The Morgan fingerprint density at radius 3 is 2.73 bits per heavy atom. The van der Waals surface area contributed by atoms with Gasteiger partial charge in [0.25, 0.3) is 5.91 Å². The second kappa shape index (κ2) is 5.32.